The highest BCUT2D eigenvalue weighted by Crippen LogP contribution is 2.36. The second kappa shape index (κ2) is 5.88. The summed E-state index contributed by atoms with van der Waals surface area (Å²) >= 11 is 1.90. The minimum absolute atomic E-state index is 0.496. The number of aryl methyl sites for hydroxylation is 1. The third-order valence-electron chi connectivity index (χ3n) is 3.84. The second-order valence-electron chi connectivity index (χ2n) is 5.18. The molecule has 1 unspecified atom stereocenters. The molecule has 0 saturated heterocycles. The fourth-order valence-corrected chi connectivity index (χ4v) is 3.88. The molecule has 0 amide bonds. The van der Waals surface area contributed by atoms with Crippen LogP contribution >= 0.6 is 11.3 Å². The van der Waals surface area contributed by atoms with Crippen molar-refractivity contribution < 1.29 is 0 Å². The maximum absolute atomic E-state index is 4.36. The van der Waals surface area contributed by atoms with Gasteiger partial charge in [0.1, 0.15) is 0 Å². The number of hydrogen-bond donors (Lipinski definition) is 1. The van der Waals surface area contributed by atoms with Gasteiger partial charge in [0.05, 0.1) is 18.1 Å². The lowest BCUT2D eigenvalue weighted by Gasteiger charge is -2.25. The molecule has 0 aliphatic heterocycles. The Morgan fingerprint density at radius 2 is 2.47 bits per heavy atom. The Kier molecular flexibility index (Phi) is 3.99. The van der Waals surface area contributed by atoms with E-state index in [2.05, 4.69) is 33.2 Å². The van der Waals surface area contributed by atoms with Crippen molar-refractivity contribution in [1.29, 1.82) is 0 Å². The van der Waals surface area contributed by atoms with Crippen LogP contribution in [-0.4, -0.2) is 16.1 Å². The number of fused-ring (bicyclic) bond motifs is 1. The molecule has 19 heavy (non-hydrogen) atoms. The topological polar surface area (TPSA) is 29.9 Å². The van der Waals surface area contributed by atoms with Crippen molar-refractivity contribution in [2.75, 3.05) is 6.54 Å². The highest BCUT2D eigenvalue weighted by molar-refractivity contribution is 7.10. The fourth-order valence-electron chi connectivity index (χ4n) is 2.89. The van der Waals surface area contributed by atoms with Crippen LogP contribution in [0.25, 0.3) is 0 Å². The Labute approximate surface area is 118 Å². The first-order valence-corrected chi connectivity index (χ1v) is 8.05. The van der Waals surface area contributed by atoms with Crippen LogP contribution in [0.15, 0.2) is 24.0 Å². The molecule has 3 nitrogen and oxygen atoms in total. The van der Waals surface area contributed by atoms with Crippen LogP contribution in [0.2, 0.25) is 0 Å². The van der Waals surface area contributed by atoms with E-state index in [0.29, 0.717) is 6.04 Å². The lowest BCUT2D eigenvalue weighted by atomic mass is 9.93. The Morgan fingerprint density at radius 3 is 3.37 bits per heavy atom. The number of nitrogens with zero attached hydrogens (tertiary/aromatic N) is 2. The van der Waals surface area contributed by atoms with E-state index >= 15 is 0 Å². The van der Waals surface area contributed by atoms with Gasteiger partial charge in [-0.2, -0.15) is 0 Å². The van der Waals surface area contributed by atoms with Crippen molar-refractivity contribution >= 4 is 11.3 Å². The predicted octanol–water partition coefficient (Wildman–Crippen LogP) is 3.37. The van der Waals surface area contributed by atoms with Gasteiger partial charge in [0, 0.05) is 17.6 Å². The number of imidazole rings is 1. The molecule has 1 aliphatic rings. The molecule has 2 aromatic rings. The van der Waals surface area contributed by atoms with Gasteiger partial charge in [-0.15, -0.1) is 11.3 Å². The minimum Gasteiger partial charge on any atom is -0.326 e. The summed E-state index contributed by atoms with van der Waals surface area (Å²) in [5.41, 5.74) is 2.82. The van der Waals surface area contributed by atoms with Crippen molar-refractivity contribution in [3.8, 4) is 0 Å². The Hall–Kier alpha value is -1.13. The lowest BCUT2D eigenvalue weighted by molar-refractivity contribution is 0.474. The molecular formula is C15H21N3S. The molecule has 102 valence electrons. The van der Waals surface area contributed by atoms with E-state index in [0.717, 1.165) is 13.1 Å². The molecule has 0 fully saturated rings. The third-order valence-corrected chi connectivity index (χ3v) is 4.83. The maximum atomic E-state index is 4.36. The van der Waals surface area contributed by atoms with Crippen molar-refractivity contribution in [3.63, 3.8) is 0 Å². The predicted molar refractivity (Wildman–Crippen MR) is 79.6 cm³/mol. The van der Waals surface area contributed by atoms with Crippen LogP contribution in [0.3, 0.4) is 0 Å². The van der Waals surface area contributed by atoms with E-state index in [1.54, 1.807) is 4.88 Å². The highest BCUT2D eigenvalue weighted by atomic mass is 32.1. The quantitative estimate of drug-likeness (QED) is 0.848. The van der Waals surface area contributed by atoms with E-state index in [4.69, 9.17) is 0 Å². The van der Waals surface area contributed by atoms with Crippen LogP contribution in [0.1, 0.15) is 48.4 Å². The molecule has 0 bridgehead atoms. The average molecular weight is 275 g/mol. The molecular weight excluding hydrogens is 254 g/mol. The van der Waals surface area contributed by atoms with Gasteiger partial charge in [0.15, 0.2) is 0 Å². The molecule has 3 rings (SSSR count). The zero-order valence-corrected chi connectivity index (χ0v) is 12.2. The summed E-state index contributed by atoms with van der Waals surface area (Å²) in [5.74, 6) is 0. The van der Waals surface area contributed by atoms with E-state index in [9.17, 15) is 0 Å². The third kappa shape index (κ3) is 2.60. The van der Waals surface area contributed by atoms with Gasteiger partial charge in [-0.1, -0.05) is 6.92 Å². The number of hydrogen-bond acceptors (Lipinski definition) is 3. The Morgan fingerprint density at radius 1 is 1.53 bits per heavy atom. The van der Waals surface area contributed by atoms with Crippen molar-refractivity contribution in [1.82, 2.24) is 14.9 Å². The number of aromatic nitrogens is 2. The van der Waals surface area contributed by atoms with Crippen molar-refractivity contribution in [2.45, 2.75) is 45.2 Å². The van der Waals surface area contributed by atoms with Crippen molar-refractivity contribution in [3.05, 3.63) is 40.1 Å². The monoisotopic (exact) mass is 275 g/mol. The molecule has 1 aliphatic carbocycles. The summed E-state index contributed by atoms with van der Waals surface area (Å²) < 4.78 is 2.37. The summed E-state index contributed by atoms with van der Waals surface area (Å²) in [6.07, 6.45) is 8.95. The van der Waals surface area contributed by atoms with Crippen LogP contribution in [-0.2, 0) is 13.0 Å². The van der Waals surface area contributed by atoms with Gasteiger partial charge in [-0.3, -0.25) is 0 Å². The highest BCUT2D eigenvalue weighted by Gasteiger charge is 2.23. The van der Waals surface area contributed by atoms with E-state index in [1.807, 2.05) is 23.9 Å². The van der Waals surface area contributed by atoms with E-state index < -0.39 is 0 Å². The summed E-state index contributed by atoms with van der Waals surface area (Å²) in [4.78, 5) is 5.93. The van der Waals surface area contributed by atoms with Gasteiger partial charge < -0.3 is 9.88 Å². The van der Waals surface area contributed by atoms with E-state index in [1.165, 1.54) is 36.9 Å². The van der Waals surface area contributed by atoms with Crippen molar-refractivity contribution in [2.24, 2.45) is 0 Å². The number of thiophene rings is 1. The molecule has 1 N–H and O–H groups in total. The Balaban J connectivity index is 1.82. The first-order chi connectivity index (χ1) is 9.40. The van der Waals surface area contributed by atoms with Gasteiger partial charge in [-0.05, 0) is 49.2 Å². The average Bonchev–Trinajstić information content (AvgIpc) is 3.07. The van der Waals surface area contributed by atoms with Gasteiger partial charge in [0.25, 0.3) is 0 Å². The zero-order chi connectivity index (χ0) is 13.1. The molecule has 0 aromatic carbocycles. The molecule has 0 radical (unpaired) electrons. The van der Waals surface area contributed by atoms with Crippen LogP contribution in [0.5, 0.6) is 0 Å². The van der Waals surface area contributed by atoms with Gasteiger partial charge in [0.2, 0.25) is 0 Å². The molecule has 2 aromatic heterocycles. The normalized spacial score (nSPS) is 18.5. The summed E-state index contributed by atoms with van der Waals surface area (Å²) in [5, 5.41) is 5.71. The van der Waals surface area contributed by atoms with Crippen LogP contribution in [0.4, 0.5) is 0 Å². The molecule has 4 heteroatoms. The second-order valence-corrected chi connectivity index (χ2v) is 6.18. The van der Waals surface area contributed by atoms with E-state index in [-0.39, 0.29) is 0 Å². The number of nitrogens with one attached hydrogen (secondary N) is 1. The first kappa shape index (κ1) is 12.9. The van der Waals surface area contributed by atoms with Gasteiger partial charge >= 0.3 is 0 Å². The standard InChI is InChI=1S/C15H21N3S/c1-2-7-16-9-12-10-17-11-18(12)14-4-3-5-15-13(14)6-8-19-15/h6,8,10-11,14,16H,2-5,7,9H2,1H3. The first-order valence-electron chi connectivity index (χ1n) is 7.18. The number of rotatable bonds is 5. The van der Waals surface area contributed by atoms with Gasteiger partial charge in [-0.25, -0.2) is 4.98 Å². The zero-order valence-electron chi connectivity index (χ0n) is 11.4. The van der Waals surface area contributed by atoms with Crippen LogP contribution in [0, 0.1) is 0 Å². The largest absolute Gasteiger partial charge is 0.326 e. The minimum atomic E-state index is 0.496. The molecule has 1 atom stereocenters. The van der Waals surface area contributed by atoms with Crippen LogP contribution < -0.4 is 5.32 Å². The Bertz CT molecular complexity index is 529. The fraction of sp³-hybridized carbons (Fsp3) is 0.533. The smallest absolute Gasteiger partial charge is 0.0954 e. The molecule has 0 saturated carbocycles. The SMILES string of the molecule is CCCNCc1cncn1C1CCCc2sccc21. The summed E-state index contributed by atoms with van der Waals surface area (Å²) in [6, 6.07) is 2.79. The summed E-state index contributed by atoms with van der Waals surface area (Å²) in [6.45, 7) is 4.19. The molecule has 0 spiro atoms. The lowest BCUT2D eigenvalue weighted by Crippen LogP contribution is -2.21. The molecule has 2 heterocycles. The summed E-state index contributed by atoms with van der Waals surface area (Å²) in [7, 11) is 0. The maximum Gasteiger partial charge on any atom is 0.0954 e.